The topological polar surface area (TPSA) is 33.1 Å². The number of hydrogen-bond donors (Lipinski definition) is 1. The lowest BCUT2D eigenvalue weighted by molar-refractivity contribution is 0.0608. The summed E-state index contributed by atoms with van der Waals surface area (Å²) in [5, 5.41) is 15.5. The van der Waals surface area contributed by atoms with Crippen LogP contribution < -0.4 is 0 Å². The van der Waals surface area contributed by atoms with Crippen LogP contribution in [-0.4, -0.2) is 10.1 Å². The Morgan fingerprint density at radius 3 is 2.62 bits per heavy atom. The van der Waals surface area contributed by atoms with Crippen molar-refractivity contribution < 1.29 is 5.11 Å². The highest BCUT2D eigenvalue weighted by atomic mass is 32.1. The first-order valence-corrected chi connectivity index (χ1v) is 6.93. The van der Waals surface area contributed by atoms with E-state index in [0.29, 0.717) is 6.42 Å². The van der Waals surface area contributed by atoms with Crippen LogP contribution >= 0.6 is 22.7 Å². The third kappa shape index (κ3) is 2.34. The summed E-state index contributed by atoms with van der Waals surface area (Å²) in [4.78, 5) is 5.44. The number of aromatic nitrogens is 1. The average molecular weight is 253 g/mol. The first-order chi connectivity index (χ1) is 7.49. The van der Waals surface area contributed by atoms with Gasteiger partial charge in [0.15, 0.2) is 0 Å². The maximum Gasteiger partial charge on any atom is 0.103 e. The number of rotatable bonds is 3. The van der Waals surface area contributed by atoms with Crippen molar-refractivity contribution in [1.29, 1.82) is 0 Å². The van der Waals surface area contributed by atoms with Gasteiger partial charge in [0.05, 0.1) is 5.01 Å². The molecule has 1 unspecified atom stereocenters. The van der Waals surface area contributed by atoms with Crippen LogP contribution in [0.1, 0.15) is 28.1 Å². The van der Waals surface area contributed by atoms with Crippen molar-refractivity contribution in [3.8, 4) is 0 Å². The molecule has 0 aliphatic carbocycles. The van der Waals surface area contributed by atoms with E-state index < -0.39 is 5.60 Å². The summed E-state index contributed by atoms with van der Waals surface area (Å²) < 4.78 is 0. The molecule has 0 fully saturated rings. The average Bonchev–Trinajstić information content (AvgIpc) is 2.74. The zero-order valence-electron chi connectivity index (χ0n) is 9.65. The van der Waals surface area contributed by atoms with Crippen LogP contribution in [0.5, 0.6) is 0 Å². The number of aliphatic hydroxyl groups is 1. The molecule has 1 atom stereocenters. The van der Waals surface area contributed by atoms with Gasteiger partial charge in [-0.05, 0) is 37.8 Å². The van der Waals surface area contributed by atoms with Crippen LogP contribution in [0.3, 0.4) is 0 Å². The molecule has 0 spiro atoms. The van der Waals surface area contributed by atoms with E-state index in [2.05, 4.69) is 4.98 Å². The smallest absolute Gasteiger partial charge is 0.103 e. The van der Waals surface area contributed by atoms with Gasteiger partial charge in [-0.15, -0.1) is 22.7 Å². The Bertz CT molecular complexity index is 485. The third-order valence-corrected chi connectivity index (χ3v) is 4.75. The molecule has 0 aliphatic rings. The fourth-order valence-corrected chi connectivity index (χ4v) is 3.69. The first-order valence-electron chi connectivity index (χ1n) is 5.17. The minimum absolute atomic E-state index is 0.590. The summed E-state index contributed by atoms with van der Waals surface area (Å²) in [6.45, 7) is 5.88. The van der Waals surface area contributed by atoms with Gasteiger partial charge < -0.3 is 5.11 Å². The molecular formula is C12H15NOS2. The molecule has 2 heterocycles. The Hall–Kier alpha value is -0.710. The molecule has 2 aromatic rings. The summed E-state index contributed by atoms with van der Waals surface area (Å²) in [5.74, 6) is 0. The van der Waals surface area contributed by atoms with Gasteiger partial charge in [-0.1, -0.05) is 0 Å². The van der Waals surface area contributed by atoms with E-state index in [9.17, 15) is 5.11 Å². The maximum absolute atomic E-state index is 10.5. The van der Waals surface area contributed by atoms with Crippen molar-refractivity contribution in [3.05, 3.63) is 38.0 Å². The molecule has 0 radical (unpaired) electrons. The van der Waals surface area contributed by atoms with Crippen LogP contribution in [0.4, 0.5) is 0 Å². The van der Waals surface area contributed by atoms with Crippen molar-refractivity contribution in [1.82, 2.24) is 4.98 Å². The van der Waals surface area contributed by atoms with E-state index in [0.717, 1.165) is 21.1 Å². The molecule has 0 aromatic carbocycles. The molecule has 0 amide bonds. The molecular weight excluding hydrogens is 238 g/mol. The zero-order chi connectivity index (χ0) is 11.8. The standard InChI is InChI=1S/C12H15NOS2/c1-8-4-5-15-11(8)12(3,14)6-10-13-9(2)7-16-10/h4-5,7,14H,6H2,1-3H3. The van der Waals surface area contributed by atoms with Gasteiger partial charge >= 0.3 is 0 Å². The van der Waals surface area contributed by atoms with Gasteiger partial charge in [0, 0.05) is 22.4 Å². The second kappa shape index (κ2) is 4.28. The molecule has 0 bridgehead atoms. The van der Waals surface area contributed by atoms with Crippen LogP contribution in [0.25, 0.3) is 0 Å². The number of thiophene rings is 1. The van der Waals surface area contributed by atoms with Crippen molar-refractivity contribution >= 4 is 22.7 Å². The van der Waals surface area contributed by atoms with E-state index >= 15 is 0 Å². The SMILES string of the molecule is Cc1csc(CC(C)(O)c2sccc2C)n1. The van der Waals surface area contributed by atoms with Crippen molar-refractivity contribution in [3.63, 3.8) is 0 Å². The van der Waals surface area contributed by atoms with Gasteiger partial charge in [-0.3, -0.25) is 0 Å². The number of thiazole rings is 1. The van der Waals surface area contributed by atoms with Crippen LogP contribution in [0.2, 0.25) is 0 Å². The molecule has 2 rings (SSSR count). The molecule has 1 N–H and O–H groups in total. The molecule has 86 valence electrons. The summed E-state index contributed by atoms with van der Waals surface area (Å²) >= 11 is 3.22. The molecule has 0 saturated heterocycles. The van der Waals surface area contributed by atoms with Gasteiger partial charge in [-0.25, -0.2) is 4.98 Å². The van der Waals surface area contributed by atoms with Crippen LogP contribution in [0.15, 0.2) is 16.8 Å². The number of hydrogen-bond acceptors (Lipinski definition) is 4. The maximum atomic E-state index is 10.5. The predicted molar refractivity (Wildman–Crippen MR) is 69.2 cm³/mol. The molecule has 0 saturated carbocycles. The van der Waals surface area contributed by atoms with Crippen LogP contribution in [-0.2, 0) is 12.0 Å². The van der Waals surface area contributed by atoms with E-state index in [1.807, 2.05) is 37.6 Å². The summed E-state index contributed by atoms with van der Waals surface area (Å²) in [5.41, 5.74) is 1.38. The van der Waals surface area contributed by atoms with E-state index in [1.54, 1.807) is 22.7 Å². The highest BCUT2D eigenvalue weighted by Gasteiger charge is 2.27. The number of nitrogens with zero attached hydrogens (tertiary/aromatic N) is 1. The molecule has 2 nitrogen and oxygen atoms in total. The Morgan fingerprint density at radius 1 is 1.38 bits per heavy atom. The van der Waals surface area contributed by atoms with E-state index in [-0.39, 0.29) is 0 Å². The Kier molecular flexibility index (Phi) is 3.15. The highest BCUT2D eigenvalue weighted by Crippen LogP contribution is 2.32. The number of aryl methyl sites for hydroxylation is 2. The van der Waals surface area contributed by atoms with Crippen molar-refractivity contribution in [2.24, 2.45) is 0 Å². The summed E-state index contributed by atoms with van der Waals surface area (Å²) in [6.07, 6.45) is 0.590. The Balaban J connectivity index is 2.23. The van der Waals surface area contributed by atoms with Crippen molar-refractivity contribution in [2.45, 2.75) is 32.8 Å². The quantitative estimate of drug-likeness (QED) is 0.910. The van der Waals surface area contributed by atoms with E-state index in [4.69, 9.17) is 0 Å². The summed E-state index contributed by atoms with van der Waals surface area (Å²) in [6, 6.07) is 2.04. The van der Waals surface area contributed by atoms with Gasteiger partial charge in [0.2, 0.25) is 0 Å². The fourth-order valence-electron chi connectivity index (χ4n) is 1.78. The van der Waals surface area contributed by atoms with Gasteiger partial charge in [0.1, 0.15) is 5.60 Å². The van der Waals surface area contributed by atoms with Gasteiger partial charge in [0.25, 0.3) is 0 Å². The Labute approximate surface area is 104 Å². The third-order valence-electron chi connectivity index (χ3n) is 2.51. The predicted octanol–water partition coefficient (Wildman–Crippen LogP) is 3.27. The lowest BCUT2D eigenvalue weighted by Gasteiger charge is -2.21. The second-order valence-electron chi connectivity index (χ2n) is 4.27. The zero-order valence-corrected chi connectivity index (χ0v) is 11.3. The molecule has 4 heteroatoms. The fraction of sp³-hybridized carbons (Fsp3) is 0.417. The molecule has 16 heavy (non-hydrogen) atoms. The van der Waals surface area contributed by atoms with Crippen molar-refractivity contribution in [2.75, 3.05) is 0 Å². The first kappa shape index (κ1) is 11.8. The Morgan fingerprint density at radius 2 is 2.12 bits per heavy atom. The molecule has 0 aliphatic heterocycles. The lowest BCUT2D eigenvalue weighted by Crippen LogP contribution is -2.23. The molecule has 2 aromatic heterocycles. The normalized spacial score (nSPS) is 15.0. The van der Waals surface area contributed by atoms with Gasteiger partial charge in [-0.2, -0.15) is 0 Å². The lowest BCUT2D eigenvalue weighted by atomic mass is 9.98. The largest absolute Gasteiger partial charge is 0.384 e. The van der Waals surface area contributed by atoms with E-state index in [1.165, 1.54) is 0 Å². The monoisotopic (exact) mass is 253 g/mol. The minimum Gasteiger partial charge on any atom is -0.384 e. The highest BCUT2D eigenvalue weighted by molar-refractivity contribution is 7.10. The minimum atomic E-state index is -0.803. The van der Waals surface area contributed by atoms with Crippen LogP contribution in [0, 0.1) is 13.8 Å². The second-order valence-corrected chi connectivity index (χ2v) is 6.12. The summed E-state index contributed by atoms with van der Waals surface area (Å²) in [7, 11) is 0.